The monoisotopic (exact) mass is 282 g/mol. The molecule has 2 rings (SSSR count). The van der Waals surface area contributed by atoms with Gasteiger partial charge < -0.3 is 4.74 Å². The summed E-state index contributed by atoms with van der Waals surface area (Å²) >= 11 is 3.70. The Morgan fingerprint density at radius 3 is 2.75 bits per heavy atom. The first kappa shape index (κ1) is 11.6. The quantitative estimate of drug-likeness (QED) is 0.480. The summed E-state index contributed by atoms with van der Waals surface area (Å²) in [6.45, 7) is 1.99. The van der Waals surface area contributed by atoms with E-state index in [0.29, 0.717) is 17.4 Å². The zero-order valence-corrected chi connectivity index (χ0v) is 10.9. The van der Waals surface area contributed by atoms with Gasteiger partial charge in [0.05, 0.1) is 6.61 Å². The lowest BCUT2D eigenvalue weighted by Crippen LogP contribution is -2.20. The van der Waals surface area contributed by atoms with Crippen LogP contribution < -0.4 is 0 Å². The van der Waals surface area contributed by atoms with E-state index in [1.165, 1.54) is 18.1 Å². The molecular weight excluding hydrogens is 268 g/mol. The highest BCUT2D eigenvalue weighted by atomic mass is 79.9. The van der Waals surface area contributed by atoms with Gasteiger partial charge in [-0.25, -0.2) is 0 Å². The van der Waals surface area contributed by atoms with Crippen LogP contribution in [0.2, 0.25) is 0 Å². The summed E-state index contributed by atoms with van der Waals surface area (Å²) in [6, 6.07) is 8.50. The van der Waals surface area contributed by atoms with Gasteiger partial charge >= 0.3 is 5.97 Å². The summed E-state index contributed by atoms with van der Waals surface area (Å²) in [6.07, 6.45) is 2.00. The number of carbonyl (C=O) groups is 1. The van der Waals surface area contributed by atoms with Gasteiger partial charge in [-0.1, -0.05) is 40.2 Å². The molecule has 1 aromatic carbocycles. The van der Waals surface area contributed by atoms with Crippen molar-refractivity contribution in [3.8, 4) is 0 Å². The third-order valence-corrected chi connectivity index (χ3v) is 4.14. The lowest BCUT2D eigenvalue weighted by molar-refractivity contribution is -0.141. The maximum absolute atomic E-state index is 10.6. The van der Waals surface area contributed by atoms with Gasteiger partial charge in [-0.3, -0.25) is 4.79 Å². The van der Waals surface area contributed by atoms with Crippen LogP contribution in [0, 0.1) is 0 Å². The molecule has 0 N–H and O–H groups in total. The van der Waals surface area contributed by atoms with Crippen LogP contribution in [-0.2, 0) is 9.53 Å². The molecule has 0 fully saturated rings. The van der Waals surface area contributed by atoms with Crippen LogP contribution in [0.1, 0.15) is 41.6 Å². The van der Waals surface area contributed by atoms with Crippen LogP contribution >= 0.6 is 15.9 Å². The Bertz CT molecular complexity index is 389. The van der Waals surface area contributed by atoms with Gasteiger partial charge in [0.25, 0.3) is 0 Å². The molecule has 0 spiro atoms. The van der Waals surface area contributed by atoms with Crippen molar-refractivity contribution in [1.82, 2.24) is 0 Å². The summed E-state index contributed by atoms with van der Waals surface area (Å²) in [5, 5.41) is 0. The lowest BCUT2D eigenvalue weighted by atomic mass is 9.75. The summed E-state index contributed by atoms with van der Waals surface area (Å²) in [7, 11) is 0. The molecule has 0 aliphatic heterocycles. The molecule has 0 bridgehead atoms. The second-order valence-corrected chi connectivity index (χ2v) is 5.11. The van der Waals surface area contributed by atoms with Gasteiger partial charge in [-0.2, -0.15) is 0 Å². The molecule has 2 atom stereocenters. The Kier molecular flexibility index (Phi) is 3.64. The maximum Gasteiger partial charge on any atom is 0.302 e. The van der Waals surface area contributed by atoms with E-state index < -0.39 is 0 Å². The summed E-state index contributed by atoms with van der Waals surface area (Å²) in [5.74, 6) is 0.385. The van der Waals surface area contributed by atoms with Gasteiger partial charge in [-0.05, 0) is 24.0 Å². The molecule has 0 unspecified atom stereocenters. The van der Waals surface area contributed by atoms with E-state index in [1.807, 2.05) is 0 Å². The molecule has 86 valence electrons. The van der Waals surface area contributed by atoms with Crippen molar-refractivity contribution >= 4 is 21.9 Å². The van der Waals surface area contributed by atoms with Gasteiger partial charge in [0.1, 0.15) is 0 Å². The highest BCUT2D eigenvalue weighted by molar-refractivity contribution is 9.09. The van der Waals surface area contributed by atoms with Crippen LogP contribution in [0.4, 0.5) is 0 Å². The number of carbonyl (C=O) groups excluding carboxylic acids is 1. The smallest absolute Gasteiger partial charge is 0.302 e. The first-order valence-corrected chi connectivity index (χ1v) is 6.48. The van der Waals surface area contributed by atoms with E-state index >= 15 is 0 Å². The van der Waals surface area contributed by atoms with Crippen LogP contribution in [0.15, 0.2) is 24.3 Å². The van der Waals surface area contributed by atoms with Crippen molar-refractivity contribution in [3.05, 3.63) is 35.4 Å². The number of rotatable bonds is 4. The summed E-state index contributed by atoms with van der Waals surface area (Å²) in [4.78, 5) is 11.1. The van der Waals surface area contributed by atoms with E-state index in [9.17, 15) is 4.79 Å². The molecule has 0 saturated heterocycles. The Hall–Kier alpha value is -0.830. The molecule has 1 aromatic rings. The highest BCUT2D eigenvalue weighted by Gasteiger charge is 2.34. The number of benzene rings is 1. The van der Waals surface area contributed by atoms with E-state index in [0.717, 1.165) is 12.8 Å². The van der Waals surface area contributed by atoms with Crippen LogP contribution in [0.5, 0.6) is 0 Å². The molecule has 0 aromatic heterocycles. The molecule has 16 heavy (non-hydrogen) atoms. The highest BCUT2D eigenvalue weighted by Crippen LogP contribution is 2.52. The van der Waals surface area contributed by atoms with Crippen LogP contribution in [0.25, 0.3) is 0 Å². The van der Waals surface area contributed by atoms with Crippen molar-refractivity contribution in [2.75, 3.05) is 6.61 Å². The number of hydrogen-bond donors (Lipinski definition) is 0. The fourth-order valence-electron chi connectivity index (χ4n) is 2.20. The topological polar surface area (TPSA) is 26.3 Å². The second kappa shape index (κ2) is 5.00. The molecule has 0 radical (unpaired) electrons. The van der Waals surface area contributed by atoms with Crippen molar-refractivity contribution in [2.45, 2.75) is 30.5 Å². The molecular formula is C13H15BrO2. The Balaban J connectivity index is 1.83. The number of alkyl halides is 1. The van der Waals surface area contributed by atoms with Crippen LogP contribution in [0.3, 0.4) is 0 Å². The third kappa shape index (κ3) is 2.29. The number of ether oxygens (including phenoxy) is 1. The first-order valence-electron chi connectivity index (χ1n) is 5.56. The zero-order chi connectivity index (χ0) is 11.5. The average Bonchev–Trinajstić information content (AvgIpc) is 2.27. The molecule has 0 saturated carbocycles. The largest absolute Gasteiger partial charge is 0.466 e. The van der Waals surface area contributed by atoms with E-state index in [-0.39, 0.29) is 5.97 Å². The van der Waals surface area contributed by atoms with E-state index in [2.05, 4.69) is 40.2 Å². The van der Waals surface area contributed by atoms with Crippen molar-refractivity contribution < 1.29 is 9.53 Å². The van der Waals surface area contributed by atoms with Crippen molar-refractivity contribution in [1.29, 1.82) is 0 Å². The van der Waals surface area contributed by atoms with E-state index in [4.69, 9.17) is 4.74 Å². The standard InChI is InChI=1S/C13H15BrO2/c1-9(15)16-8-4-7-12-10-5-2-3-6-11(10)13(12)14/h2-3,5-6,12-13H,4,7-8H2,1H3/t12-,13-/m1/s1. The van der Waals surface area contributed by atoms with Crippen LogP contribution in [-0.4, -0.2) is 12.6 Å². The maximum atomic E-state index is 10.6. The molecule has 0 heterocycles. The first-order chi connectivity index (χ1) is 7.70. The summed E-state index contributed by atoms with van der Waals surface area (Å²) < 4.78 is 4.93. The zero-order valence-electron chi connectivity index (χ0n) is 9.28. The molecule has 3 heteroatoms. The minimum atomic E-state index is -0.190. The average molecular weight is 283 g/mol. The van der Waals surface area contributed by atoms with Gasteiger partial charge in [0.2, 0.25) is 0 Å². The minimum Gasteiger partial charge on any atom is -0.466 e. The Labute approximate surface area is 104 Å². The minimum absolute atomic E-state index is 0.190. The molecule has 1 aliphatic rings. The van der Waals surface area contributed by atoms with Crippen molar-refractivity contribution in [2.24, 2.45) is 0 Å². The number of hydrogen-bond acceptors (Lipinski definition) is 2. The van der Waals surface area contributed by atoms with Gasteiger partial charge in [0.15, 0.2) is 0 Å². The van der Waals surface area contributed by atoms with Gasteiger partial charge in [-0.15, -0.1) is 0 Å². The Morgan fingerprint density at radius 1 is 1.38 bits per heavy atom. The SMILES string of the molecule is CC(=O)OCCC[C@@H]1c2ccccc2[C@H]1Br. The number of halogens is 1. The molecule has 2 nitrogen and oxygen atoms in total. The number of fused-ring (bicyclic) bond motifs is 1. The number of esters is 1. The third-order valence-electron chi connectivity index (χ3n) is 3.01. The molecule has 0 amide bonds. The predicted octanol–water partition coefficient (Wildman–Crippen LogP) is 3.56. The second-order valence-electron chi connectivity index (χ2n) is 4.12. The molecule has 1 aliphatic carbocycles. The Morgan fingerprint density at radius 2 is 2.06 bits per heavy atom. The lowest BCUT2D eigenvalue weighted by Gasteiger charge is -2.36. The van der Waals surface area contributed by atoms with Crippen molar-refractivity contribution in [3.63, 3.8) is 0 Å². The summed E-state index contributed by atoms with van der Waals surface area (Å²) in [5.41, 5.74) is 2.84. The van der Waals surface area contributed by atoms with Gasteiger partial charge in [0, 0.05) is 17.7 Å². The van der Waals surface area contributed by atoms with E-state index in [1.54, 1.807) is 0 Å². The predicted molar refractivity (Wildman–Crippen MR) is 66.7 cm³/mol. The fourth-order valence-corrected chi connectivity index (χ4v) is 3.16. The fraction of sp³-hybridized carbons (Fsp3) is 0.462. The normalized spacial score (nSPS) is 22.1.